The van der Waals surface area contributed by atoms with Gasteiger partial charge in [-0.2, -0.15) is 0 Å². The maximum atomic E-state index is 12.1. The topological polar surface area (TPSA) is 73.3 Å². The molecular weight excluding hydrogens is 322 g/mol. The van der Waals surface area contributed by atoms with Crippen LogP contribution < -0.4 is 4.74 Å². The number of ether oxygens (including phenoxy) is 3. The number of hydrogen-bond acceptors (Lipinski definition) is 6. The minimum absolute atomic E-state index is 0.234. The van der Waals surface area contributed by atoms with E-state index in [1.165, 1.54) is 7.11 Å². The predicted octanol–water partition coefficient (Wildman–Crippen LogP) is 2.98. The fourth-order valence-electron chi connectivity index (χ4n) is 1.91. The number of nitrogens with zero attached hydrogens (tertiary/aromatic N) is 3. The highest BCUT2D eigenvalue weighted by Crippen LogP contribution is 2.26. The van der Waals surface area contributed by atoms with Crippen molar-refractivity contribution in [3.8, 4) is 5.88 Å². The van der Waals surface area contributed by atoms with Crippen molar-refractivity contribution in [2.45, 2.75) is 40.2 Å². The Balaban J connectivity index is 3.05. The van der Waals surface area contributed by atoms with Crippen molar-refractivity contribution < 1.29 is 19.0 Å². The zero-order valence-corrected chi connectivity index (χ0v) is 16.0. The van der Waals surface area contributed by atoms with Crippen LogP contribution in [-0.4, -0.2) is 62.2 Å². The van der Waals surface area contributed by atoms with E-state index in [9.17, 15) is 4.79 Å². The number of rotatable bonds is 10. The smallest absolute Gasteiger partial charge is 0.343 e. The number of hydrogen-bond donors (Lipinski definition) is 0. The quantitative estimate of drug-likeness (QED) is 0.279. The molecule has 0 aliphatic carbocycles. The molecule has 0 spiro atoms. The second kappa shape index (κ2) is 10.7. The van der Waals surface area contributed by atoms with Crippen molar-refractivity contribution in [1.82, 2.24) is 9.88 Å². The summed E-state index contributed by atoms with van der Waals surface area (Å²) in [7, 11) is 3.25. The largest absolute Gasteiger partial charge is 0.472 e. The molecule has 7 heteroatoms. The number of pyridine rings is 1. The fraction of sp³-hybridized carbons (Fsp3) is 0.611. The maximum Gasteiger partial charge on any atom is 0.343 e. The zero-order valence-electron chi connectivity index (χ0n) is 16.0. The first-order valence-corrected chi connectivity index (χ1v) is 8.51. The van der Waals surface area contributed by atoms with E-state index < -0.39 is 5.97 Å². The van der Waals surface area contributed by atoms with E-state index in [4.69, 9.17) is 14.2 Å². The normalized spacial score (nSPS) is 12.2. The fourth-order valence-corrected chi connectivity index (χ4v) is 1.91. The summed E-state index contributed by atoms with van der Waals surface area (Å²) in [5, 5.41) is 0. The van der Waals surface area contributed by atoms with E-state index in [2.05, 4.69) is 9.98 Å². The van der Waals surface area contributed by atoms with Gasteiger partial charge in [0.05, 0.1) is 31.4 Å². The van der Waals surface area contributed by atoms with E-state index >= 15 is 0 Å². The van der Waals surface area contributed by atoms with Crippen LogP contribution in [0.5, 0.6) is 5.88 Å². The number of aliphatic imine (C=N–C) groups is 1. The highest BCUT2D eigenvalue weighted by Gasteiger charge is 2.19. The van der Waals surface area contributed by atoms with Gasteiger partial charge in [-0.15, -0.1) is 0 Å². The monoisotopic (exact) mass is 351 g/mol. The van der Waals surface area contributed by atoms with Crippen LogP contribution in [0, 0.1) is 6.92 Å². The number of aryl methyl sites for hydroxylation is 1. The molecule has 1 aromatic rings. The van der Waals surface area contributed by atoms with Crippen LogP contribution in [0.4, 0.5) is 5.69 Å². The average Bonchev–Trinajstić information content (AvgIpc) is 2.60. The Labute approximate surface area is 150 Å². The third-order valence-electron chi connectivity index (χ3n) is 3.46. The molecule has 0 bridgehead atoms. The molecule has 0 aliphatic rings. The summed E-state index contributed by atoms with van der Waals surface area (Å²) in [6.07, 6.45) is 2.41. The van der Waals surface area contributed by atoms with Gasteiger partial charge in [0.15, 0.2) is 0 Å². The molecule has 1 atom stereocenters. The summed E-state index contributed by atoms with van der Waals surface area (Å²) in [6.45, 7) is 9.69. The summed E-state index contributed by atoms with van der Waals surface area (Å²) >= 11 is 0. The molecule has 0 saturated heterocycles. The summed E-state index contributed by atoms with van der Waals surface area (Å²) in [5.41, 5.74) is 1.52. The van der Waals surface area contributed by atoms with E-state index in [1.54, 1.807) is 12.4 Å². The van der Waals surface area contributed by atoms with Gasteiger partial charge in [-0.3, -0.25) is 0 Å². The van der Waals surface area contributed by atoms with Gasteiger partial charge in [0.2, 0.25) is 5.88 Å². The highest BCUT2D eigenvalue weighted by molar-refractivity contribution is 5.93. The van der Waals surface area contributed by atoms with Crippen molar-refractivity contribution in [2.75, 3.05) is 33.9 Å². The molecule has 25 heavy (non-hydrogen) atoms. The van der Waals surface area contributed by atoms with E-state index in [0.29, 0.717) is 24.6 Å². The van der Waals surface area contributed by atoms with E-state index in [-0.39, 0.29) is 17.5 Å². The zero-order chi connectivity index (χ0) is 18.8. The molecule has 1 rings (SSSR count). The van der Waals surface area contributed by atoms with Gasteiger partial charge in [-0.05, 0) is 33.3 Å². The first kappa shape index (κ1) is 20.9. The van der Waals surface area contributed by atoms with Crippen molar-refractivity contribution in [1.29, 1.82) is 0 Å². The molecule has 1 heterocycles. The number of carbonyl (C=O) groups is 1. The van der Waals surface area contributed by atoms with E-state index in [0.717, 1.165) is 13.0 Å². The minimum atomic E-state index is -0.510. The maximum absolute atomic E-state index is 12.1. The van der Waals surface area contributed by atoms with Crippen LogP contribution in [0.25, 0.3) is 0 Å². The van der Waals surface area contributed by atoms with Gasteiger partial charge in [0, 0.05) is 20.2 Å². The lowest BCUT2D eigenvalue weighted by Gasteiger charge is -2.17. The third-order valence-corrected chi connectivity index (χ3v) is 3.46. The standard InChI is InChI=1S/C18H29N3O4/c1-7-9-24-11-13(3)25-17-15(18(22)23-6)10-16(14(4)20-17)19-12-21(5)8-2/h10,12-13H,7-9,11H2,1-6H3/b19-12+. The van der Waals surface area contributed by atoms with Gasteiger partial charge in [-0.1, -0.05) is 6.92 Å². The van der Waals surface area contributed by atoms with Gasteiger partial charge < -0.3 is 19.1 Å². The van der Waals surface area contributed by atoms with Crippen LogP contribution in [0.2, 0.25) is 0 Å². The van der Waals surface area contributed by atoms with Crippen LogP contribution >= 0.6 is 0 Å². The van der Waals surface area contributed by atoms with Gasteiger partial charge in [-0.25, -0.2) is 14.8 Å². The van der Waals surface area contributed by atoms with Crippen molar-refractivity contribution in [3.63, 3.8) is 0 Å². The number of aromatic nitrogens is 1. The Hall–Kier alpha value is -2.15. The summed E-state index contributed by atoms with van der Waals surface area (Å²) < 4.78 is 16.1. The lowest BCUT2D eigenvalue weighted by Crippen LogP contribution is -2.22. The SMILES string of the molecule is CCCOCC(C)Oc1nc(C)c(/N=C/N(C)CC)cc1C(=O)OC. The molecule has 0 fully saturated rings. The summed E-state index contributed by atoms with van der Waals surface area (Å²) in [4.78, 5) is 22.8. The first-order chi connectivity index (χ1) is 11.9. The predicted molar refractivity (Wildman–Crippen MR) is 98.0 cm³/mol. The lowest BCUT2D eigenvalue weighted by molar-refractivity contribution is 0.0511. The second-order valence-electron chi connectivity index (χ2n) is 5.76. The second-order valence-corrected chi connectivity index (χ2v) is 5.76. The van der Waals surface area contributed by atoms with Crippen molar-refractivity contribution in [2.24, 2.45) is 4.99 Å². The molecular formula is C18H29N3O4. The minimum Gasteiger partial charge on any atom is -0.472 e. The molecule has 0 amide bonds. The van der Waals surface area contributed by atoms with Crippen molar-refractivity contribution in [3.05, 3.63) is 17.3 Å². The number of carbonyl (C=O) groups excluding carboxylic acids is 1. The Morgan fingerprint density at radius 1 is 1.44 bits per heavy atom. The Morgan fingerprint density at radius 3 is 2.76 bits per heavy atom. The van der Waals surface area contributed by atoms with Crippen LogP contribution in [-0.2, 0) is 9.47 Å². The average molecular weight is 351 g/mol. The highest BCUT2D eigenvalue weighted by atomic mass is 16.5. The van der Waals surface area contributed by atoms with Crippen molar-refractivity contribution >= 4 is 18.0 Å². The van der Waals surface area contributed by atoms with Crippen LogP contribution in [0.3, 0.4) is 0 Å². The number of methoxy groups -OCH3 is 1. The Kier molecular flexibility index (Phi) is 8.91. The van der Waals surface area contributed by atoms with Crippen LogP contribution in [0.1, 0.15) is 43.2 Å². The molecule has 7 nitrogen and oxygen atoms in total. The number of esters is 1. The Morgan fingerprint density at radius 2 is 2.16 bits per heavy atom. The molecule has 0 radical (unpaired) electrons. The summed E-state index contributed by atoms with van der Waals surface area (Å²) in [6, 6.07) is 1.64. The van der Waals surface area contributed by atoms with Gasteiger partial charge in [0.25, 0.3) is 0 Å². The van der Waals surface area contributed by atoms with E-state index in [1.807, 2.05) is 39.6 Å². The molecule has 1 aromatic heterocycles. The third kappa shape index (κ3) is 6.70. The molecule has 0 aromatic carbocycles. The summed E-state index contributed by atoms with van der Waals surface area (Å²) in [5.74, 6) is -0.274. The molecule has 0 aliphatic heterocycles. The Bertz CT molecular complexity index is 590. The molecule has 0 saturated carbocycles. The van der Waals surface area contributed by atoms with Gasteiger partial charge >= 0.3 is 5.97 Å². The molecule has 1 unspecified atom stereocenters. The van der Waals surface area contributed by atoms with Gasteiger partial charge in [0.1, 0.15) is 11.7 Å². The first-order valence-electron chi connectivity index (χ1n) is 8.51. The molecule has 140 valence electrons. The molecule has 0 N–H and O–H groups in total. The van der Waals surface area contributed by atoms with Crippen LogP contribution in [0.15, 0.2) is 11.1 Å². The lowest BCUT2D eigenvalue weighted by atomic mass is 10.2.